The zero-order chi connectivity index (χ0) is 22.6. The van der Waals surface area contributed by atoms with Gasteiger partial charge in [0.1, 0.15) is 23.7 Å². The van der Waals surface area contributed by atoms with Crippen molar-refractivity contribution in [1.82, 2.24) is 9.97 Å². The van der Waals surface area contributed by atoms with E-state index in [1.807, 2.05) is 42.5 Å². The third kappa shape index (κ3) is 4.86. The van der Waals surface area contributed by atoms with Gasteiger partial charge in [-0.3, -0.25) is 9.78 Å². The first kappa shape index (κ1) is 21.1. The molecule has 1 aliphatic carbocycles. The molecular weight excluding hydrogens is 416 g/mol. The number of carbonyl (C=O) groups is 1. The van der Waals surface area contributed by atoms with E-state index in [9.17, 15) is 10.1 Å². The average molecular weight is 441 g/mol. The highest BCUT2D eigenvalue weighted by Crippen LogP contribution is 2.47. The summed E-state index contributed by atoms with van der Waals surface area (Å²) >= 11 is 0. The van der Waals surface area contributed by atoms with Gasteiger partial charge in [-0.1, -0.05) is 6.07 Å². The Kier molecular flexibility index (Phi) is 6.01. The van der Waals surface area contributed by atoms with E-state index in [1.165, 1.54) is 0 Å². The predicted octanol–water partition coefficient (Wildman–Crippen LogP) is 4.32. The standard InChI is InChI=1S/C26H24N4O3/c27-16-20-13-18(1-2-24(20)33-21-6-11-32-12-7-21)19-5-10-29-25(14-19)30-26(31)23-15-22(23)17-3-8-28-9-4-17/h1-5,8-10,13-14,21-23H,6-7,11-12,15H2,(H,29,30,31). The van der Waals surface area contributed by atoms with E-state index >= 15 is 0 Å². The first-order chi connectivity index (χ1) is 16.2. The molecule has 1 amide bonds. The van der Waals surface area contributed by atoms with Gasteiger partial charge in [-0.15, -0.1) is 0 Å². The van der Waals surface area contributed by atoms with Gasteiger partial charge in [-0.05, 0) is 65.4 Å². The largest absolute Gasteiger partial charge is 0.489 e. The zero-order valence-corrected chi connectivity index (χ0v) is 18.1. The lowest BCUT2D eigenvalue weighted by Crippen LogP contribution is -2.26. The summed E-state index contributed by atoms with van der Waals surface area (Å²) < 4.78 is 11.4. The molecule has 1 saturated carbocycles. The maximum Gasteiger partial charge on any atom is 0.229 e. The maximum atomic E-state index is 12.7. The van der Waals surface area contributed by atoms with Gasteiger partial charge in [0.05, 0.1) is 18.8 Å². The minimum absolute atomic E-state index is 0.0283. The first-order valence-corrected chi connectivity index (χ1v) is 11.2. The Bertz CT molecular complexity index is 1190. The van der Waals surface area contributed by atoms with Gasteiger partial charge >= 0.3 is 0 Å². The molecule has 7 nitrogen and oxygen atoms in total. The molecule has 0 spiro atoms. The van der Waals surface area contributed by atoms with Crippen molar-refractivity contribution >= 4 is 11.7 Å². The van der Waals surface area contributed by atoms with Gasteiger partial charge in [-0.25, -0.2) is 4.98 Å². The number of hydrogen-bond donors (Lipinski definition) is 1. The predicted molar refractivity (Wildman–Crippen MR) is 123 cm³/mol. The fourth-order valence-corrected chi connectivity index (χ4v) is 4.23. The van der Waals surface area contributed by atoms with Gasteiger partial charge in [-0.2, -0.15) is 5.26 Å². The van der Waals surface area contributed by atoms with Crippen molar-refractivity contribution in [3.63, 3.8) is 0 Å². The van der Waals surface area contributed by atoms with Crippen LogP contribution in [0.25, 0.3) is 11.1 Å². The van der Waals surface area contributed by atoms with Crippen LogP contribution in [0.15, 0.2) is 61.1 Å². The lowest BCUT2D eigenvalue weighted by Gasteiger charge is -2.23. The number of benzene rings is 1. The summed E-state index contributed by atoms with van der Waals surface area (Å²) in [6, 6.07) is 15.4. The number of aromatic nitrogens is 2. The third-order valence-corrected chi connectivity index (χ3v) is 6.17. The molecule has 7 heteroatoms. The molecular formula is C26H24N4O3. The van der Waals surface area contributed by atoms with E-state index in [0.29, 0.717) is 30.3 Å². The van der Waals surface area contributed by atoms with Crippen LogP contribution in [0.3, 0.4) is 0 Å². The van der Waals surface area contributed by atoms with E-state index < -0.39 is 0 Å². The normalized spacial score (nSPS) is 20.0. The average Bonchev–Trinajstić information content (AvgIpc) is 3.67. The maximum absolute atomic E-state index is 12.7. The molecule has 3 aromatic rings. The van der Waals surface area contributed by atoms with Crippen LogP contribution >= 0.6 is 0 Å². The quantitative estimate of drug-likeness (QED) is 0.613. The molecule has 3 heterocycles. The molecule has 33 heavy (non-hydrogen) atoms. The van der Waals surface area contributed by atoms with Gasteiger partial charge in [0.15, 0.2) is 0 Å². The van der Waals surface area contributed by atoms with Crippen molar-refractivity contribution in [1.29, 1.82) is 5.26 Å². The Hall–Kier alpha value is -3.76. The molecule has 1 saturated heterocycles. The molecule has 0 bridgehead atoms. The smallest absolute Gasteiger partial charge is 0.229 e. The fourth-order valence-electron chi connectivity index (χ4n) is 4.23. The molecule has 1 aliphatic heterocycles. The van der Waals surface area contributed by atoms with E-state index in [2.05, 4.69) is 21.4 Å². The molecule has 5 rings (SSSR count). The van der Waals surface area contributed by atoms with E-state index in [-0.39, 0.29) is 23.8 Å². The van der Waals surface area contributed by atoms with Crippen molar-refractivity contribution in [3.8, 4) is 22.9 Å². The number of rotatable bonds is 6. The topological polar surface area (TPSA) is 97.1 Å². The Balaban J connectivity index is 1.28. The molecule has 2 fully saturated rings. The molecule has 166 valence electrons. The highest BCUT2D eigenvalue weighted by Gasteiger charge is 2.44. The number of nitriles is 1. The number of amides is 1. The monoisotopic (exact) mass is 440 g/mol. The number of carbonyl (C=O) groups excluding carboxylic acids is 1. The Labute approximate surface area is 192 Å². The first-order valence-electron chi connectivity index (χ1n) is 11.2. The summed E-state index contributed by atoms with van der Waals surface area (Å²) in [6.45, 7) is 1.36. The van der Waals surface area contributed by atoms with Crippen LogP contribution < -0.4 is 10.1 Å². The summed E-state index contributed by atoms with van der Waals surface area (Å²) in [5.74, 6) is 1.24. The summed E-state index contributed by atoms with van der Waals surface area (Å²) in [5.41, 5.74) is 3.36. The summed E-state index contributed by atoms with van der Waals surface area (Å²) in [5, 5.41) is 12.6. The minimum atomic E-state index is -0.0512. The molecule has 1 aromatic carbocycles. The van der Waals surface area contributed by atoms with Crippen LogP contribution in [0.2, 0.25) is 0 Å². The molecule has 1 N–H and O–H groups in total. The molecule has 0 radical (unpaired) electrons. The summed E-state index contributed by atoms with van der Waals surface area (Å²) in [7, 11) is 0. The number of anilines is 1. The SMILES string of the molecule is N#Cc1cc(-c2ccnc(NC(=O)C3CC3c3ccncc3)c2)ccc1OC1CCOCC1. The van der Waals surface area contributed by atoms with Crippen LogP contribution in [0.4, 0.5) is 5.82 Å². The second kappa shape index (κ2) is 9.39. The number of ether oxygens (including phenoxy) is 2. The number of nitrogens with one attached hydrogen (secondary N) is 1. The van der Waals surface area contributed by atoms with Crippen molar-refractivity contribution < 1.29 is 14.3 Å². The van der Waals surface area contributed by atoms with Crippen molar-refractivity contribution in [2.45, 2.75) is 31.3 Å². The van der Waals surface area contributed by atoms with E-state index in [0.717, 1.165) is 36.0 Å². The van der Waals surface area contributed by atoms with Gasteiger partial charge in [0, 0.05) is 37.4 Å². The lowest BCUT2D eigenvalue weighted by atomic mass is 10.0. The number of hydrogen-bond acceptors (Lipinski definition) is 6. The molecule has 2 atom stereocenters. The molecule has 2 aromatic heterocycles. The lowest BCUT2D eigenvalue weighted by molar-refractivity contribution is -0.117. The minimum Gasteiger partial charge on any atom is -0.489 e. The highest BCUT2D eigenvalue weighted by molar-refractivity contribution is 5.95. The zero-order valence-electron chi connectivity index (χ0n) is 18.1. The van der Waals surface area contributed by atoms with Crippen molar-refractivity contribution in [3.05, 3.63) is 72.2 Å². The van der Waals surface area contributed by atoms with Crippen LogP contribution in [-0.2, 0) is 9.53 Å². The van der Waals surface area contributed by atoms with E-state index in [1.54, 1.807) is 18.6 Å². The third-order valence-electron chi connectivity index (χ3n) is 6.17. The Morgan fingerprint density at radius 1 is 1.06 bits per heavy atom. The van der Waals surface area contributed by atoms with Crippen molar-refractivity contribution in [2.24, 2.45) is 5.92 Å². The van der Waals surface area contributed by atoms with Crippen LogP contribution in [0.1, 0.15) is 36.3 Å². The number of nitrogens with zero attached hydrogens (tertiary/aromatic N) is 3. The van der Waals surface area contributed by atoms with Gasteiger partial charge in [0.2, 0.25) is 5.91 Å². The Morgan fingerprint density at radius 2 is 1.85 bits per heavy atom. The number of pyridine rings is 2. The highest BCUT2D eigenvalue weighted by atomic mass is 16.5. The van der Waals surface area contributed by atoms with Crippen molar-refractivity contribution in [2.75, 3.05) is 18.5 Å². The molecule has 2 aliphatic rings. The fraction of sp³-hybridized carbons (Fsp3) is 0.308. The molecule has 2 unspecified atom stereocenters. The Morgan fingerprint density at radius 3 is 2.64 bits per heavy atom. The van der Waals surface area contributed by atoms with Crippen LogP contribution in [0, 0.1) is 17.2 Å². The second-order valence-corrected chi connectivity index (χ2v) is 8.40. The van der Waals surface area contributed by atoms with E-state index in [4.69, 9.17) is 9.47 Å². The van der Waals surface area contributed by atoms with Gasteiger partial charge in [0.25, 0.3) is 0 Å². The van der Waals surface area contributed by atoms with Crippen LogP contribution in [-0.4, -0.2) is 35.2 Å². The van der Waals surface area contributed by atoms with Crippen LogP contribution in [0.5, 0.6) is 5.75 Å². The van der Waals surface area contributed by atoms with Gasteiger partial charge < -0.3 is 14.8 Å². The summed E-state index contributed by atoms with van der Waals surface area (Å²) in [4.78, 5) is 21.0. The summed E-state index contributed by atoms with van der Waals surface area (Å²) in [6.07, 6.45) is 7.71. The second-order valence-electron chi connectivity index (χ2n) is 8.40.